The van der Waals surface area contributed by atoms with E-state index in [0.717, 1.165) is 16.8 Å². The SMILES string of the molecule is CC(=O)c1c(O)c(-c2ccccc2)nn1-c1ccccc1C. The van der Waals surface area contributed by atoms with E-state index in [1.165, 1.54) is 11.6 Å². The van der Waals surface area contributed by atoms with Gasteiger partial charge in [-0.15, -0.1) is 0 Å². The molecule has 3 aromatic rings. The monoisotopic (exact) mass is 292 g/mol. The van der Waals surface area contributed by atoms with Crippen LogP contribution in [0.25, 0.3) is 16.9 Å². The summed E-state index contributed by atoms with van der Waals surface area (Å²) in [6.07, 6.45) is 0. The van der Waals surface area contributed by atoms with Crippen molar-refractivity contribution < 1.29 is 9.90 Å². The average molecular weight is 292 g/mol. The molecule has 0 unspecified atom stereocenters. The van der Waals surface area contributed by atoms with Crippen molar-refractivity contribution >= 4 is 5.78 Å². The first-order chi connectivity index (χ1) is 10.6. The van der Waals surface area contributed by atoms with Crippen LogP contribution in [0.3, 0.4) is 0 Å². The zero-order chi connectivity index (χ0) is 15.7. The van der Waals surface area contributed by atoms with Gasteiger partial charge in [0.1, 0.15) is 5.69 Å². The minimum Gasteiger partial charge on any atom is -0.504 e. The van der Waals surface area contributed by atoms with E-state index in [9.17, 15) is 9.90 Å². The fraction of sp³-hybridized carbons (Fsp3) is 0.111. The molecule has 0 saturated heterocycles. The first-order valence-corrected chi connectivity index (χ1v) is 7.04. The van der Waals surface area contributed by atoms with E-state index in [2.05, 4.69) is 5.10 Å². The molecule has 3 rings (SSSR count). The van der Waals surface area contributed by atoms with Gasteiger partial charge in [0.15, 0.2) is 17.2 Å². The number of rotatable bonds is 3. The Balaban J connectivity index is 2.28. The molecule has 1 aromatic heterocycles. The van der Waals surface area contributed by atoms with Crippen LogP contribution in [0.5, 0.6) is 5.75 Å². The molecule has 1 heterocycles. The Hall–Kier alpha value is -2.88. The molecule has 2 aromatic carbocycles. The van der Waals surface area contributed by atoms with Crippen molar-refractivity contribution in [2.75, 3.05) is 0 Å². The van der Waals surface area contributed by atoms with Gasteiger partial charge < -0.3 is 5.11 Å². The smallest absolute Gasteiger partial charge is 0.182 e. The summed E-state index contributed by atoms with van der Waals surface area (Å²) in [6, 6.07) is 17.0. The number of aromatic hydroxyl groups is 1. The van der Waals surface area contributed by atoms with Gasteiger partial charge in [0.25, 0.3) is 0 Å². The minimum absolute atomic E-state index is 0.0815. The van der Waals surface area contributed by atoms with Crippen molar-refractivity contribution in [1.29, 1.82) is 0 Å². The summed E-state index contributed by atoms with van der Waals surface area (Å²) in [5.41, 5.74) is 3.15. The first-order valence-electron chi connectivity index (χ1n) is 7.04. The number of ketones is 1. The second kappa shape index (κ2) is 5.48. The maximum Gasteiger partial charge on any atom is 0.182 e. The van der Waals surface area contributed by atoms with Crippen LogP contribution >= 0.6 is 0 Å². The molecular weight excluding hydrogens is 276 g/mol. The predicted octanol–water partition coefficient (Wildman–Crippen LogP) is 3.76. The molecule has 0 bridgehead atoms. The molecule has 0 spiro atoms. The van der Waals surface area contributed by atoms with Crippen LogP contribution in [0.4, 0.5) is 0 Å². The third-order valence-electron chi connectivity index (χ3n) is 3.58. The van der Waals surface area contributed by atoms with Crippen LogP contribution in [0.2, 0.25) is 0 Å². The normalized spacial score (nSPS) is 10.6. The highest BCUT2D eigenvalue weighted by Crippen LogP contribution is 2.33. The molecule has 0 aliphatic heterocycles. The number of aromatic nitrogens is 2. The van der Waals surface area contributed by atoms with E-state index in [1.54, 1.807) is 0 Å². The third-order valence-corrected chi connectivity index (χ3v) is 3.58. The van der Waals surface area contributed by atoms with Crippen molar-refractivity contribution in [1.82, 2.24) is 9.78 Å². The average Bonchev–Trinajstić information content (AvgIpc) is 2.86. The number of aryl methyl sites for hydroxylation is 1. The van der Waals surface area contributed by atoms with E-state index in [0.29, 0.717) is 5.69 Å². The van der Waals surface area contributed by atoms with Crippen molar-refractivity contribution in [3.63, 3.8) is 0 Å². The van der Waals surface area contributed by atoms with Crippen molar-refractivity contribution in [3.05, 3.63) is 65.9 Å². The lowest BCUT2D eigenvalue weighted by Gasteiger charge is -2.07. The minimum atomic E-state index is -0.226. The van der Waals surface area contributed by atoms with Crippen LogP contribution in [0.1, 0.15) is 23.0 Å². The number of para-hydroxylation sites is 1. The second-order valence-corrected chi connectivity index (χ2v) is 5.17. The van der Waals surface area contributed by atoms with Gasteiger partial charge in [-0.3, -0.25) is 4.79 Å². The molecule has 0 fully saturated rings. The molecule has 110 valence electrons. The number of hydrogen-bond acceptors (Lipinski definition) is 3. The number of carbonyl (C=O) groups excluding carboxylic acids is 1. The topological polar surface area (TPSA) is 55.1 Å². The predicted molar refractivity (Wildman–Crippen MR) is 85.4 cm³/mol. The Morgan fingerprint density at radius 1 is 1.05 bits per heavy atom. The zero-order valence-electron chi connectivity index (χ0n) is 12.4. The standard InChI is InChI=1S/C18H16N2O2/c1-12-8-6-7-11-15(12)20-17(13(2)21)18(22)16(19-20)14-9-4-3-5-10-14/h3-11,22H,1-2H3. The fourth-order valence-electron chi connectivity index (χ4n) is 2.49. The highest BCUT2D eigenvalue weighted by atomic mass is 16.3. The Morgan fingerprint density at radius 3 is 2.32 bits per heavy atom. The maximum atomic E-state index is 12.0. The van der Waals surface area contributed by atoms with Gasteiger partial charge in [-0.05, 0) is 18.6 Å². The zero-order valence-corrected chi connectivity index (χ0v) is 12.4. The number of carbonyl (C=O) groups is 1. The van der Waals surface area contributed by atoms with Gasteiger partial charge in [-0.25, -0.2) is 4.68 Å². The number of benzene rings is 2. The van der Waals surface area contributed by atoms with Crippen LogP contribution < -0.4 is 0 Å². The van der Waals surface area contributed by atoms with Crippen molar-refractivity contribution in [2.45, 2.75) is 13.8 Å². The third kappa shape index (κ3) is 2.29. The van der Waals surface area contributed by atoms with E-state index < -0.39 is 0 Å². The number of nitrogens with zero attached hydrogens (tertiary/aromatic N) is 2. The summed E-state index contributed by atoms with van der Waals surface area (Å²) in [5, 5.41) is 15.0. The van der Waals surface area contributed by atoms with Gasteiger partial charge in [-0.2, -0.15) is 5.10 Å². The van der Waals surface area contributed by atoms with E-state index in [-0.39, 0.29) is 17.2 Å². The lowest BCUT2D eigenvalue weighted by Crippen LogP contribution is -2.07. The van der Waals surface area contributed by atoms with Gasteiger partial charge >= 0.3 is 0 Å². The Labute approximate surface area is 128 Å². The summed E-state index contributed by atoms with van der Waals surface area (Å²) in [5.74, 6) is -0.308. The van der Waals surface area contributed by atoms with Crippen molar-refractivity contribution in [3.8, 4) is 22.7 Å². The lowest BCUT2D eigenvalue weighted by atomic mass is 10.1. The Bertz CT molecular complexity index is 836. The maximum absolute atomic E-state index is 12.0. The highest BCUT2D eigenvalue weighted by Gasteiger charge is 2.23. The number of Topliss-reactive ketones (excluding diaryl/α,β-unsaturated/α-hetero) is 1. The summed E-state index contributed by atoms with van der Waals surface area (Å²) in [4.78, 5) is 12.0. The molecule has 0 radical (unpaired) electrons. The van der Waals surface area contributed by atoms with E-state index in [4.69, 9.17) is 0 Å². The molecular formula is C18H16N2O2. The molecule has 4 nitrogen and oxygen atoms in total. The molecule has 22 heavy (non-hydrogen) atoms. The lowest BCUT2D eigenvalue weighted by molar-refractivity contribution is 0.100. The molecule has 4 heteroatoms. The summed E-state index contributed by atoms with van der Waals surface area (Å²) >= 11 is 0. The molecule has 0 atom stereocenters. The van der Waals surface area contributed by atoms with Gasteiger partial charge in [0, 0.05) is 12.5 Å². The van der Waals surface area contributed by atoms with E-state index >= 15 is 0 Å². The Kier molecular flexibility index (Phi) is 3.51. The number of hydrogen-bond donors (Lipinski definition) is 1. The quantitative estimate of drug-likeness (QED) is 0.748. The highest BCUT2D eigenvalue weighted by molar-refractivity contribution is 5.98. The molecule has 0 saturated carbocycles. The van der Waals surface area contributed by atoms with Gasteiger partial charge in [-0.1, -0.05) is 48.5 Å². The Morgan fingerprint density at radius 2 is 1.68 bits per heavy atom. The fourth-order valence-corrected chi connectivity index (χ4v) is 2.49. The molecule has 1 N–H and O–H groups in total. The van der Waals surface area contributed by atoms with Crippen molar-refractivity contribution in [2.24, 2.45) is 0 Å². The largest absolute Gasteiger partial charge is 0.504 e. The van der Waals surface area contributed by atoms with Crippen LogP contribution in [0, 0.1) is 6.92 Å². The van der Waals surface area contributed by atoms with Crippen LogP contribution in [0.15, 0.2) is 54.6 Å². The van der Waals surface area contributed by atoms with Gasteiger partial charge in [0.2, 0.25) is 0 Å². The van der Waals surface area contributed by atoms with Crippen LogP contribution in [-0.2, 0) is 0 Å². The second-order valence-electron chi connectivity index (χ2n) is 5.17. The van der Waals surface area contributed by atoms with E-state index in [1.807, 2.05) is 61.5 Å². The van der Waals surface area contributed by atoms with Gasteiger partial charge in [0.05, 0.1) is 5.69 Å². The molecule has 0 aliphatic carbocycles. The molecule has 0 amide bonds. The summed E-state index contributed by atoms with van der Waals surface area (Å²) in [6.45, 7) is 3.38. The summed E-state index contributed by atoms with van der Waals surface area (Å²) < 4.78 is 1.52. The van der Waals surface area contributed by atoms with Crippen LogP contribution in [-0.4, -0.2) is 20.7 Å². The summed E-state index contributed by atoms with van der Waals surface area (Å²) in [7, 11) is 0. The first kappa shape index (κ1) is 14.1. The molecule has 0 aliphatic rings.